The Bertz CT molecular complexity index is 842. The molecule has 0 aliphatic heterocycles. The summed E-state index contributed by atoms with van der Waals surface area (Å²) < 4.78 is 30.0. The second-order valence-electron chi connectivity index (χ2n) is 5.66. The first-order valence-electron chi connectivity index (χ1n) is 8.50. The number of nitrogens with one attached hydrogen (secondary N) is 1. The summed E-state index contributed by atoms with van der Waals surface area (Å²) in [6.07, 6.45) is 7.31. The highest BCUT2D eigenvalue weighted by Crippen LogP contribution is 2.57. The minimum Gasteiger partial charge on any atom is -0.504 e. The maximum atomic E-state index is 13.6. The number of aryl methyl sites for hydroxylation is 1. The molecule has 0 saturated heterocycles. The first-order chi connectivity index (χ1) is 12.9. The van der Waals surface area contributed by atoms with Crippen LogP contribution >= 0.6 is 7.60 Å². The number of aromatic nitrogens is 2. The quantitative estimate of drug-likeness (QED) is 0.462. The van der Waals surface area contributed by atoms with Crippen LogP contribution < -0.4 is 14.7 Å². The zero-order chi connectivity index (χ0) is 19.9. The number of anilines is 1. The van der Waals surface area contributed by atoms with Gasteiger partial charge in [0.25, 0.3) is 0 Å². The van der Waals surface area contributed by atoms with E-state index in [1.54, 1.807) is 13.0 Å². The fraction of sp³-hybridized carbons (Fsp3) is 0.333. The van der Waals surface area contributed by atoms with E-state index < -0.39 is 7.60 Å². The van der Waals surface area contributed by atoms with Crippen molar-refractivity contribution in [1.29, 1.82) is 0 Å². The van der Waals surface area contributed by atoms with Gasteiger partial charge in [0.2, 0.25) is 0 Å². The highest BCUT2D eigenvalue weighted by atomic mass is 31.2. The van der Waals surface area contributed by atoms with Crippen LogP contribution in [0.3, 0.4) is 0 Å². The number of nitrogens with zero attached hydrogens (tertiary/aromatic N) is 2. The molecule has 1 aromatic heterocycles. The lowest BCUT2D eigenvalue weighted by Gasteiger charge is -2.22. The Morgan fingerprint density at radius 1 is 1.30 bits per heavy atom. The van der Waals surface area contributed by atoms with Gasteiger partial charge in [0.05, 0.1) is 30.5 Å². The normalized spacial score (nSPS) is 13.7. The molecule has 2 aromatic rings. The Morgan fingerprint density at radius 2 is 2.00 bits per heavy atom. The van der Waals surface area contributed by atoms with E-state index in [-0.39, 0.29) is 17.2 Å². The number of phenols is 1. The number of allylic oxidation sites excluding steroid dienone is 2. The van der Waals surface area contributed by atoms with E-state index in [0.29, 0.717) is 29.4 Å². The lowest BCUT2D eigenvalue weighted by Crippen LogP contribution is -2.07. The number of ether oxygens (including phenoxy) is 1. The van der Waals surface area contributed by atoms with Crippen molar-refractivity contribution < 1.29 is 23.6 Å². The van der Waals surface area contributed by atoms with E-state index in [2.05, 4.69) is 15.4 Å². The third-order valence-corrected chi connectivity index (χ3v) is 5.67. The fourth-order valence-corrected chi connectivity index (χ4v) is 4.02. The molecule has 0 amide bonds. The first kappa shape index (κ1) is 20.7. The van der Waals surface area contributed by atoms with Crippen LogP contribution in [0.1, 0.15) is 32.3 Å². The fourth-order valence-electron chi connectivity index (χ4n) is 2.35. The Hall–Kier alpha value is -2.57. The van der Waals surface area contributed by atoms with Gasteiger partial charge in [-0.3, -0.25) is 5.48 Å². The van der Waals surface area contributed by atoms with Crippen molar-refractivity contribution in [2.45, 2.75) is 33.6 Å². The molecule has 27 heavy (non-hydrogen) atoms. The molecule has 0 aliphatic carbocycles. The van der Waals surface area contributed by atoms with Gasteiger partial charge in [-0.1, -0.05) is 19.9 Å². The standard InChI is InChI=1S/C18H24N3O5P/c1-5-7-16(6-2)27(23,26-21-14-10-19-12-20-11-14)25-15-8-13(3)18(22)17(9-15)24-4/h7-12,21-22H,5-6H2,1-4H3/b16-7+. The van der Waals surface area contributed by atoms with Crippen molar-refractivity contribution in [3.63, 3.8) is 0 Å². The van der Waals surface area contributed by atoms with E-state index in [9.17, 15) is 9.67 Å². The predicted octanol–water partition coefficient (Wildman–Crippen LogP) is 4.82. The minimum absolute atomic E-state index is 0.0000229. The number of benzene rings is 1. The van der Waals surface area contributed by atoms with Crippen LogP contribution in [0, 0.1) is 6.92 Å². The van der Waals surface area contributed by atoms with Gasteiger partial charge in [-0.05, 0) is 31.4 Å². The lowest BCUT2D eigenvalue weighted by molar-refractivity contribution is 0.321. The molecule has 0 bridgehead atoms. The number of hydrogen-bond donors (Lipinski definition) is 2. The van der Waals surface area contributed by atoms with Crippen molar-refractivity contribution in [1.82, 2.24) is 9.97 Å². The zero-order valence-corrected chi connectivity index (χ0v) is 16.7. The summed E-state index contributed by atoms with van der Waals surface area (Å²) in [6, 6.07) is 3.03. The number of phenolic OH excluding ortho intramolecular Hbond substituents is 1. The van der Waals surface area contributed by atoms with Crippen molar-refractivity contribution in [3.05, 3.63) is 47.8 Å². The molecule has 0 fully saturated rings. The van der Waals surface area contributed by atoms with Crippen molar-refractivity contribution >= 4 is 13.3 Å². The third-order valence-electron chi connectivity index (χ3n) is 3.68. The molecule has 2 rings (SSSR count). The Balaban J connectivity index is 2.36. The summed E-state index contributed by atoms with van der Waals surface area (Å²) in [4.78, 5) is 7.74. The summed E-state index contributed by atoms with van der Waals surface area (Å²) in [5.41, 5.74) is 3.56. The average molecular weight is 393 g/mol. The molecule has 0 saturated carbocycles. The maximum Gasteiger partial charge on any atom is 0.427 e. The summed E-state index contributed by atoms with van der Waals surface area (Å²) in [6.45, 7) is 5.50. The second-order valence-corrected chi connectivity index (χ2v) is 7.59. The second kappa shape index (κ2) is 9.39. The van der Waals surface area contributed by atoms with Crippen molar-refractivity contribution in [2.75, 3.05) is 12.6 Å². The predicted molar refractivity (Wildman–Crippen MR) is 103 cm³/mol. The van der Waals surface area contributed by atoms with Crippen LogP contribution in [-0.4, -0.2) is 22.2 Å². The van der Waals surface area contributed by atoms with Crippen LogP contribution in [0.5, 0.6) is 17.2 Å². The molecule has 1 heterocycles. The highest BCUT2D eigenvalue weighted by molar-refractivity contribution is 7.58. The maximum absolute atomic E-state index is 13.6. The van der Waals surface area contributed by atoms with Crippen LogP contribution in [0.15, 0.2) is 42.2 Å². The number of aromatic hydroxyl groups is 1. The molecule has 8 nitrogen and oxygen atoms in total. The van der Waals surface area contributed by atoms with Gasteiger partial charge >= 0.3 is 7.60 Å². The smallest absolute Gasteiger partial charge is 0.427 e. The van der Waals surface area contributed by atoms with E-state index in [1.807, 2.05) is 19.9 Å². The zero-order valence-electron chi connectivity index (χ0n) is 15.8. The molecule has 0 spiro atoms. The summed E-state index contributed by atoms with van der Waals surface area (Å²) in [7, 11) is -2.31. The lowest BCUT2D eigenvalue weighted by atomic mass is 10.2. The molecule has 9 heteroatoms. The SMILES string of the molecule is CC/C=C(\CC)P(=O)(ONc1cncnc1)Oc1cc(C)c(O)c(OC)c1. The van der Waals surface area contributed by atoms with Gasteiger partial charge in [-0.25, -0.2) is 14.5 Å². The van der Waals surface area contributed by atoms with E-state index in [4.69, 9.17) is 13.9 Å². The molecule has 0 aliphatic rings. The average Bonchev–Trinajstić information content (AvgIpc) is 2.68. The van der Waals surface area contributed by atoms with E-state index in [0.717, 1.165) is 0 Å². The summed E-state index contributed by atoms with van der Waals surface area (Å²) in [5.74, 6) is 0.477. The van der Waals surface area contributed by atoms with Gasteiger partial charge in [0.1, 0.15) is 12.1 Å². The number of methoxy groups -OCH3 is 1. The molecule has 1 unspecified atom stereocenters. The molecule has 146 valence electrons. The monoisotopic (exact) mass is 393 g/mol. The number of rotatable bonds is 9. The Morgan fingerprint density at radius 3 is 2.59 bits per heavy atom. The highest BCUT2D eigenvalue weighted by Gasteiger charge is 2.32. The third kappa shape index (κ3) is 5.21. The Kier molecular flexibility index (Phi) is 7.21. The summed E-state index contributed by atoms with van der Waals surface area (Å²) in [5, 5.41) is 10.5. The number of hydrogen-bond acceptors (Lipinski definition) is 8. The van der Waals surface area contributed by atoms with Gasteiger partial charge in [-0.2, -0.15) is 4.62 Å². The summed E-state index contributed by atoms with van der Waals surface area (Å²) >= 11 is 0. The molecule has 2 N–H and O–H groups in total. The molecule has 0 radical (unpaired) electrons. The van der Waals surface area contributed by atoms with Gasteiger partial charge in [0.15, 0.2) is 11.5 Å². The van der Waals surface area contributed by atoms with Crippen LogP contribution in [0.25, 0.3) is 0 Å². The molecular weight excluding hydrogens is 369 g/mol. The van der Waals surface area contributed by atoms with E-state index >= 15 is 0 Å². The van der Waals surface area contributed by atoms with Crippen molar-refractivity contribution in [2.24, 2.45) is 0 Å². The van der Waals surface area contributed by atoms with Crippen molar-refractivity contribution in [3.8, 4) is 17.2 Å². The van der Waals surface area contributed by atoms with Crippen LogP contribution in [-0.2, 0) is 9.19 Å². The van der Waals surface area contributed by atoms with Crippen LogP contribution in [0.4, 0.5) is 5.69 Å². The van der Waals surface area contributed by atoms with Crippen LogP contribution in [0.2, 0.25) is 0 Å². The molecule has 1 aromatic carbocycles. The van der Waals surface area contributed by atoms with Gasteiger partial charge in [-0.15, -0.1) is 0 Å². The largest absolute Gasteiger partial charge is 0.504 e. The topological polar surface area (TPSA) is 103 Å². The first-order valence-corrected chi connectivity index (χ1v) is 10.0. The van der Waals surface area contributed by atoms with E-state index in [1.165, 1.54) is 31.9 Å². The van der Waals surface area contributed by atoms with Gasteiger partial charge < -0.3 is 14.4 Å². The minimum atomic E-state index is -3.74. The Labute approximate surface area is 158 Å². The van der Waals surface area contributed by atoms with Gasteiger partial charge in [0, 0.05) is 6.07 Å². The molecular formula is C18H24N3O5P. The molecule has 1 atom stereocenters.